The first kappa shape index (κ1) is 12.7. The van der Waals surface area contributed by atoms with Gasteiger partial charge in [-0.1, -0.05) is 36.9 Å². The van der Waals surface area contributed by atoms with E-state index in [0.29, 0.717) is 5.02 Å². The van der Waals surface area contributed by atoms with E-state index in [9.17, 15) is 0 Å². The van der Waals surface area contributed by atoms with Gasteiger partial charge >= 0.3 is 0 Å². The number of nitrogens with two attached hydrogens (primary N) is 1. The van der Waals surface area contributed by atoms with Crippen LogP contribution in [0.25, 0.3) is 0 Å². The fraction of sp³-hybridized carbons (Fsp3) is 0.571. The van der Waals surface area contributed by atoms with Crippen molar-refractivity contribution in [2.75, 3.05) is 7.11 Å². The van der Waals surface area contributed by atoms with Gasteiger partial charge in [-0.3, -0.25) is 0 Å². The summed E-state index contributed by atoms with van der Waals surface area (Å²) in [6.07, 6.45) is 6.98. The van der Waals surface area contributed by atoms with Crippen molar-refractivity contribution in [1.29, 1.82) is 0 Å². The highest BCUT2D eigenvalue weighted by molar-refractivity contribution is 6.32. The number of methoxy groups -OCH3 is 1. The summed E-state index contributed by atoms with van der Waals surface area (Å²) in [5.74, 6) is 0.727. The standard InChI is InChI=1S/C14H20ClNO/c1-17-13-6-5-11(9-12(13)15)10-14(16)7-3-2-4-8-14/h5-6,9H,2-4,7-8,10,16H2,1H3. The number of hydrogen-bond acceptors (Lipinski definition) is 2. The molecular weight excluding hydrogens is 234 g/mol. The number of halogens is 1. The average Bonchev–Trinajstić information content (AvgIpc) is 2.29. The maximum Gasteiger partial charge on any atom is 0.137 e. The highest BCUT2D eigenvalue weighted by Gasteiger charge is 2.27. The second-order valence-corrected chi connectivity index (χ2v) is 5.48. The van der Waals surface area contributed by atoms with E-state index in [4.69, 9.17) is 22.1 Å². The molecule has 0 heterocycles. The van der Waals surface area contributed by atoms with Crippen molar-refractivity contribution >= 4 is 11.6 Å². The first-order chi connectivity index (χ1) is 8.13. The minimum Gasteiger partial charge on any atom is -0.495 e. The van der Waals surface area contributed by atoms with Gasteiger partial charge in [0, 0.05) is 5.54 Å². The molecule has 0 saturated heterocycles. The molecule has 2 rings (SSSR count). The van der Waals surface area contributed by atoms with Crippen LogP contribution in [0, 0.1) is 0 Å². The Morgan fingerprint density at radius 1 is 1.29 bits per heavy atom. The Balaban J connectivity index is 2.10. The molecule has 1 aromatic rings. The van der Waals surface area contributed by atoms with Crippen molar-refractivity contribution < 1.29 is 4.74 Å². The Kier molecular flexibility index (Phi) is 3.95. The first-order valence-electron chi connectivity index (χ1n) is 6.24. The first-order valence-corrected chi connectivity index (χ1v) is 6.62. The molecule has 0 aromatic heterocycles. The summed E-state index contributed by atoms with van der Waals surface area (Å²) in [5.41, 5.74) is 7.61. The predicted octanol–water partition coefficient (Wildman–Crippen LogP) is 3.55. The molecule has 1 aromatic carbocycles. The molecule has 17 heavy (non-hydrogen) atoms. The van der Waals surface area contributed by atoms with Crippen molar-refractivity contribution in [3.05, 3.63) is 28.8 Å². The maximum absolute atomic E-state index is 6.44. The molecule has 0 unspecified atom stereocenters. The van der Waals surface area contributed by atoms with Gasteiger partial charge in [0.2, 0.25) is 0 Å². The minimum absolute atomic E-state index is 0.0316. The van der Waals surface area contributed by atoms with Crippen LogP contribution in [0.4, 0.5) is 0 Å². The van der Waals surface area contributed by atoms with Crippen LogP contribution in [0.15, 0.2) is 18.2 Å². The Bertz CT molecular complexity index is 386. The lowest BCUT2D eigenvalue weighted by Crippen LogP contribution is -2.43. The monoisotopic (exact) mass is 253 g/mol. The number of rotatable bonds is 3. The van der Waals surface area contributed by atoms with Gasteiger partial charge in [-0.25, -0.2) is 0 Å². The highest BCUT2D eigenvalue weighted by atomic mass is 35.5. The van der Waals surface area contributed by atoms with Gasteiger partial charge in [-0.15, -0.1) is 0 Å². The third-order valence-corrected chi connectivity index (χ3v) is 3.92. The number of ether oxygens (including phenoxy) is 1. The second-order valence-electron chi connectivity index (χ2n) is 5.07. The topological polar surface area (TPSA) is 35.2 Å². The molecule has 1 aliphatic rings. The van der Waals surface area contributed by atoms with E-state index in [-0.39, 0.29) is 5.54 Å². The van der Waals surface area contributed by atoms with Crippen LogP contribution in [-0.2, 0) is 6.42 Å². The van der Waals surface area contributed by atoms with Crippen LogP contribution in [0.3, 0.4) is 0 Å². The molecule has 2 nitrogen and oxygen atoms in total. The lowest BCUT2D eigenvalue weighted by Gasteiger charge is -2.33. The third kappa shape index (κ3) is 3.14. The lowest BCUT2D eigenvalue weighted by molar-refractivity contribution is 0.294. The second kappa shape index (κ2) is 5.28. The fourth-order valence-corrected chi connectivity index (χ4v) is 2.94. The van der Waals surface area contributed by atoms with E-state index in [1.54, 1.807) is 7.11 Å². The summed E-state index contributed by atoms with van der Waals surface area (Å²) in [5, 5.41) is 0.671. The molecule has 94 valence electrons. The van der Waals surface area contributed by atoms with E-state index >= 15 is 0 Å². The van der Waals surface area contributed by atoms with Crippen LogP contribution in [0.2, 0.25) is 5.02 Å². The van der Waals surface area contributed by atoms with Crippen LogP contribution in [0.1, 0.15) is 37.7 Å². The number of benzene rings is 1. The molecule has 0 atom stereocenters. The summed E-state index contributed by atoms with van der Waals surface area (Å²) in [7, 11) is 1.63. The quantitative estimate of drug-likeness (QED) is 0.894. The van der Waals surface area contributed by atoms with Gasteiger partial charge in [-0.2, -0.15) is 0 Å². The van der Waals surface area contributed by atoms with E-state index < -0.39 is 0 Å². The fourth-order valence-electron chi connectivity index (χ4n) is 2.66. The Labute approximate surface area is 108 Å². The molecule has 0 aliphatic heterocycles. The Hall–Kier alpha value is -0.730. The molecule has 1 fully saturated rings. The summed E-state index contributed by atoms with van der Waals surface area (Å²) in [6, 6.07) is 5.96. The highest BCUT2D eigenvalue weighted by Crippen LogP contribution is 2.31. The predicted molar refractivity (Wildman–Crippen MR) is 71.7 cm³/mol. The van der Waals surface area contributed by atoms with Gasteiger partial charge in [0.25, 0.3) is 0 Å². The maximum atomic E-state index is 6.44. The molecule has 3 heteroatoms. The smallest absolute Gasteiger partial charge is 0.137 e. The molecular formula is C14H20ClNO. The minimum atomic E-state index is -0.0316. The number of hydrogen-bond donors (Lipinski definition) is 1. The van der Waals surface area contributed by atoms with Crippen LogP contribution in [0.5, 0.6) is 5.75 Å². The molecule has 0 radical (unpaired) electrons. The van der Waals surface area contributed by atoms with Crippen molar-refractivity contribution in [2.24, 2.45) is 5.73 Å². The van der Waals surface area contributed by atoms with E-state index in [2.05, 4.69) is 6.07 Å². The van der Waals surface area contributed by atoms with Gasteiger partial charge in [0.15, 0.2) is 0 Å². The van der Waals surface area contributed by atoms with Crippen molar-refractivity contribution in [2.45, 2.75) is 44.1 Å². The Morgan fingerprint density at radius 2 is 2.00 bits per heavy atom. The lowest BCUT2D eigenvalue weighted by atomic mass is 9.78. The van der Waals surface area contributed by atoms with Crippen LogP contribution in [-0.4, -0.2) is 12.6 Å². The van der Waals surface area contributed by atoms with E-state index in [1.807, 2.05) is 12.1 Å². The molecule has 0 spiro atoms. The van der Waals surface area contributed by atoms with E-state index in [0.717, 1.165) is 25.0 Å². The summed E-state index contributed by atoms with van der Waals surface area (Å²) >= 11 is 6.13. The van der Waals surface area contributed by atoms with Gasteiger partial charge in [0.1, 0.15) is 5.75 Å². The zero-order chi connectivity index (χ0) is 12.3. The molecule has 1 saturated carbocycles. The SMILES string of the molecule is COc1ccc(CC2(N)CCCCC2)cc1Cl. The van der Waals surface area contributed by atoms with Gasteiger partial charge in [-0.05, 0) is 37.0 Å². The molecule has 1 aliphatic carbocycles. The van der Waals surface area contributed by atoms with Crippen LogP contribution >= 0.6 is 11.6 Å². The summed E-state index contributed by atoms with van der Waals surface area (Å²) in [6.45, 7) is 0. The molecule has 0 bridgehead atoms. The summed E-state index contributed by atoms with van der Waals surface area (Å²) < 4.78 is 5.15. The third-order valence-electron chi connectivity index (χ3n) is 3.62. The zero-order valence-electron chi connectivity index (χ0n) is 10.3. The Morgan fingerprint density at radius 3 is 2.59 bits per heavy atom. The van der Waals surface area contributed by atoms with Gasteiger partial charge in [0.05, 0.1) is 12.1 Å². The van der Waals surface area contributed by atoms with Crippen molar-refractivity contribution in [1.82, 2.24) is 0 Å². The molecule has 2 N–H and O–H groups in total. The normalized spacial score (nSPS) is 19.0. The van der Waals surface area contributed by atoms with Crippen molar-refractivity contribution in [3.63, 3.8) is 0 Å². The van der Waals surface area contributed by atoms with Crippen LogP contribution < -0.4 is 10.5 Å². The van der Waals surface area contributed by atoms with E-state index in [1.165, 1.54) is 24.8 Å². The largest absolute Gasteiger partial charge is 0.495 e. The molecule has 0 amide bonds. The zero-order valence-corrected chi connectivity index (χ0v) is 11.1. The summed E-state index contributed by atoms with van der Waals surface area (Å²) in [4.78, 5) is 0. The average molecular weight is 254 g/mol. The van der Waals surface area contributed by atoms with Crippen molar-refractivity contribution in [3.8, 4) is 5.75 Å². The van der Waals surface area contributed by atoms with Gasteiger partial charge < -0.3 is 10.5 Å².